The highest BCUT2D eigenvalue weighted by atomic mass is 16.3. The molecule has 15 heteroatoms. The van der Waals surface area contributed by atoms with E-state index in [4.69, 9.17) is 85.6 Å². The van der Waals surface area contributed by atoms with Crippen molar-refractivity contribution in [2.24, 2.45) is 0 Å². The maximum atomic E-state index is 10.7. The molecule has 266 valence electrons. The van der Waals surface area contributed by atoms with Gasteiger partial charge >= 0.3 is 0 Å². The van der Waals surface area contributed by atoms with Gasteiger partial charge in [-0.3, -0.25) is 4.57 Å². The molecule has 0 aliphatic carbocycles. The van der Waals surface area contributed by atoms with E-state index >= 15 is 0 Å². The van der Waals surface area contributed by atoms with Crippen LogP contribution in [0.15, 0.2) is 121 Å². The molecular formula is C46H24B9N5O. The quantitative estimate of drug-likeness (QED) is 0.237. The molecule has 6 nitrogen and oxygen atoms in total. The second kappa shape index (κ2) is 15.5. The summed E-state index contributed by atoms with van der Waals surface area (Å²) in [7, 11) is 59.8. The van der Waals surface area contributed by atoms with Gasteiger partial charge in [0.25, 0.3) is 0 Å². The van der Waals surface area contributed by atoms with Crippen molar-refractivity contribution in [3.8, 4) is 56.7 Å². The minimum atomic E-state index is -0.470. The molecule has 0 bridgehead atoms. The van der Waals surface area contributed by atoms with Gasteiger partial charge in [0.1, 0.15) is 70.6 Å². The van der Waals surface area contributed by atoms with Crippen LogP contribution in [0, 0.1) is 0 Å². The minimum Gasteiger partial charge on any atom is -0.509 e. The predicted molar refractivity (Wildman–Crippen MR) is 261 cm³/mol. The Morgan fingerprint density at radius 1 is 0.443 bits per heavy atom. The third-order valence-electron chi connectivity index (χ3n) is 11.2. The standard InChI is InChI=1S/C46H24B9N5O/c1-59(28-18-10-8-16-24(28)22-12-4-2-5-13-22)30-21-31-27(20-26(30)23-14-6-3-7-15-23)25-17-9-11-19-29(25)60(31)46-57-44(32-34(47)38(51)40(53)39(52)35(32)48)56-45(58-46)33-36(49)41(54)43(61)42(55)37(33)50/h2-21,61H,1H3. The van der Waals surface area contributed by atoms with Gasteiger partial charge in [0.05, 0.1) is 22.5 Å². The first-order chi connectivity index (χ1) is 29.4. The Bertz CT molecular complexity index is 3090. The normalized spacial score (nSPS) is 11.4. The molecule has 2 aromatic heterocycles. The number of hydrogen-bond acceptors (Lipinski definition) is 5. The summed E-state index contributed by atoms with van der Waals surface area (Å²) in [6, 6.07) is 40.9. The number of phenolic OH excluding ortho intramolecular Hbond substituents is 1. The summed E-state index contributed by atoms with van der Waals surface area (Å²) in [6.07, 6.45) is 0. The number of para-hydroxylation sites is 2. The first-order valence-corrected chi connectivity index (χ1v) is 19.1. The molecule has 18 radical (unpaired) electrons. The molecule has 7 aromatic carbocycles. The molecule has 61 heavy (non-hydrogen) atoms. The molecule has 2 heterocycles. The maximum Gasteiger partial charge on any atom is 0.238 e. The molecular weight excluding hydrogens is 736 g/mol. The van der Waals surface area contributed by atoms with Gasteiger partial charge < -0.3 is 10.0 Å². The van der Waals surface area contributed by atoms with Crippen molar-refractivity contribution >= 4 is 153 Å². The van der Waals surface area contributed by atoms with E-state index in [1.165, 1.54) is 0 Å². The van der Waals surface area contributed by atoms with E-state index in [2.05, 4.69) is 53.4 Å². The van der Waals surface area contributed by atoms with Crippen LogP contribution in [0.3, 0.4) is 0 Å². The highest BCUT2D eigenvalue weighted by molar-refractivity contribution is 6.68. The van der Waals surface area contributed by atoms with E-state index in [1.54, 1.807) is 0 Å². The van der Waals surface area contributed by atoms with Crippen LogP contribution in [0.1, 0.15) is 0 Å². The molecule has 0 aliphatic heterocycles. The first-order valence-electron chi connectivity index (χ1n) is 19.1. The van der Waals surface area contributed by atoms with Crippen LogP contribution in [-0.2, 0) is 0 Å². The number of hydrogen-bond donors (Lipinski definition) is 1. The number of rotatable bonds is 7. The molecule has 0 spiro atoms. The Kier molecular flexibility index (Phi) is 10.2. The predicted octanol–water partition coefficient (Wildman–Crippen LogP) is 0.254. The van der Waals surface area contributed by atoms with Gasteiger partial charge in [-0.25, -0.2) is 4.98 Å². The van der Waals surface area contributed by atoms with Crippen LogP contribution in [0.2, 0.25) is 0 Å². The monoisotopic (exact) mass is 761 g/mol. The molecule has 0 saturated heterocycles. The highest BCUT2D eigenvalue weighted by Crippen LogP contribution is 2.43. The van der Waals surface area contributed by atoms with Crippen molar-refractivity contribution < 1.29 is 5.11 Å². The third-order valence-corrected chi connectivity index (χ3v) is 11.2. The molecule has 0 aliphatic rings. The number of phenols is 1. The van der Waals surface area contributed by atoms with Crippen molar-refractivity contribution in [3.05, 3.63) is 121 Å². The van der Waals surface area contributed by atoms with Gasteiger partial charge in [0, 0.05) is 45.8 Å². The Morgan fingerprint density at radius 2 is 0.918 bits per heavy atom. The Morgan fingerprint density at radius 3 is 1.51 bits per heavy atom. The van der Waals surface area contributed by atoms with Gasteiger partial charge in [-0.15, -0.1) is 16.4 Å². The molecule has 9 aromatic rings. The van der Waals surface area contributed by atoms with E-state index in [0.717, 1.165) is 55.4 Å². The molecule has 0 unspecified atom stereocenters. The molecule has 0 fully saturated rings. The smallest absolute Gasteiger partial charge is 0.238 e. The van der Waals surface area contributed by atoms with Gasteiger partial charge in [0.15, 0.2) is 11.6 Å². The van der Waals surface area contributed by atoms with Gasteiger partial charge in [-0.2, -0.15) is 9.97 Å². The summed E-state index contributed by atoms with van der Waals surface area (Å²) < 4.78 is 1.91. The fourth-order valence-corrected chi connectivity index (χ4v) is 7.94. The van der Waals surface area contributed by atoms with Gasteiger partial charge in [-0.05, 0) is 35.4 Å². The molecule has 9 rings (SSSR count). The summed E-state index contributed by atoms with van der Waals surface area (Å²) in [6.45, 7) is 0. The lowest BCUT2D eigenvalue weighted by Gasteiger charge is -2.26. The summed E-state index contributed by atoms with van der Waals surface area (Å²) in [4.78, 5) is 17.0. The fraction of sp³-hybridized carbons (Fsp3) is 0.0217. The topological polar surface area (TPSA) is 67.1 Å². The number of aromatic hydroxyl groups is 1. The van der Waals surface area contributed by atoms with Crippen LogP contribution in [0.5, 0.6) is 5.75 Å². The molecule has 0 amide bonds. The highest BCUT2D eigenvalue weighted by Gasteiger charge is 2.25. The van der Waals surface area contributed by atoms with Crippen molar-refractivity contribution in [1.29, 1.82) is 0 Å². The lowest BCUT2D eigenvalue weighted by molar-refractivity contribution is 0.484. The van der Waals surface area contributed by atoms with Crippen LogP contribution in [-0.4, -0.2) is 102 Å². The van der Waals surface area contributed by atoms with Crippen molar-refractivity contribution in [2.75, 3.05) is 11.9 Å². The fourth-order valence-electron chi connectivity index (χ4n) is 7.94. The summed E-state index contributed by atoms with van der Waals surface area (Å²) in [5.41, 5.74) is 7.02. The average Bonchev–Trinajstić information content (AvgIpc) is 3.62. The zero-order valence-electron chi connectivity index (χ0n) is 32.9. The Hall–Kier alpha value is -6.47. The van der Waals surface area contributed by atoms with Crippen LogP contribution in [0.25, 0.3) is 72.8 Å². The minimum absolute atomic E-state index is 0.00358. The van der Waals surface area contributed by atoms with E-state index in [1.807, 2.05) is 84.4 Å². The second-order valence-electron chi connectivity index (χ2n) is 14.7. The van der Waals surface area contributed by atoms with Crippen molar-refractivity contribution in [2.45, 2.75) is 0 Å². The third kappa shape index (κ3) is 6.53. The number of nitrogens with zero attached hydrogens (tertiary/aromatic N) is 5. The number of aromatic nitrogens is 4. The lowest BCUT2D eigenvalue weighted by atomic mass is 9.60. The number of fused-ring (bicyclic) bond motifs is 3. The van der Waals surface area contributed by atoms with Crippen molar-refractivity contribution in [3.63, 3.8) is 0 Å². The van der Waals surface area contributed by atoms with Crippen LogP contribution < -0.4 is 54.1 Å². The SMILES string of the molecule is [B]c1c([B])c([B])c(-c2nc(-c3c([B])c([B])c(O)c([B])c3[B])nc(-n3c4ccccc4c4cc(-c5ccccc5)c(N(C)c5ccccc5-c5ccccc5)cc43)n2)c([B])c1[B]. The summed E-state index contributed by atoms with van der Waals surface area (Å²) in [5, 5.41) is 12.5. The molecule has 1 N–H and O–H groups in total. The largest absolute Gasteiger partial charge is 0.509 e. The van der Waals surface area contributed by atoms with Crippen LogP contribution >= 0.6 is 0 Å². The molecule has 0 atom stereocenters. The van der Waals surface area contributed by atoms with E-state index in [0.29, 0.717) is 0 Å². The zero-order chi connectivity index (χ0) is 42.9. The van der Waals surface area contributed by atoms with E-state index in [-0.39, 0.29) is 77.9 Å². The average molecular weight is 760 g/mol. The number of benzene rings is 7. The van der Waals surface area contributed by atoms with Gasteiger partial charge in [0.2, 0.25) is 5.95 Å². The van der Waals surface area contributed by atoms with E-state index < -0.39 is 5.75 Å². The maximum absolute atomic E-state index is 10.7. The Labute approximate surface area is 366 Å². The van der Waals surface area contributed by atoms with E-state index in [9.17, 15) is 5.11 Å². The Balaban J connectivity index is 1.40. The summed E-state index contributed by atoms with van der Waals surface area (Å²) >= 11 is 0. The lowest BCUT2D eigenvalue weighted by Crippen LogP contribution is -2.55. The summed E-state index contributed by atoms with van der Waals surface area (Å²) in [5.74, 6) is -0.433. The zero-order valence-corrected chi connectivity index (χ0v) is 32.9. The van der Waals surface area contributed by atoms with Crippen LogP contribution in [0.4, 0.5) is 11.4 Å². The van der Waals surface area contributed by atoms with Gasteiger partial charge in [-0.1, -0.05) is 130 Å². The number of anilines is 2. The first kappa shape index (κ1) is 40.0. The molecule has 0 saturated carbocycles. The second-order valence-corrected chi connectivity index (χ2v) is 14.7. The van der Waals surface area contributed by atoms with Crippen molar-refractivity contribution in [1.82, 2.24) is 19.5 Å².